The molecular weight excluding hydrogens is 286 g/mol. The fourth-order valence-corrected chi connectivity index (χ4v) is 2.01. The molecule has 4 N–H and O–H groups in total. The Hall–Kier alpha value is -1.26. The minimum atomic E-state index is -1.78. The minimum absolute atomic E-state index is 0.358. The molecule has 5 atom stereocenters. The Morgan fingerprint density at radius 1 is 1.10 bits per heavy atom. The average molecular weight is 307 g/mol. The van der Waals surface area contributed by atoms with E-state index in [0.717, 1.165) is 0 Å². The molecule has 9 nitrogen and oxygen atoms in total. The summed E-state index contributed by atoms with van der Waals surface area (Å²) in [5.41, 5.74) is 0. The zero-order valence-electron chi connectivity index (χ0n) is 11.9. The summed E-state index contributed by atoms with van der Waals surface area (Å²) in [4.78, 5) is 24.1. The lowest BCUT2D eigenvalue weighted by Crippen LogP contribution is -2.60. The predicted molar refractivity (Wildman–Crippen MR) is 68.2 cm³/mol. The maximum Gasteiger partial charge on any atom is 0.335 e. The van der Waals surface area contributed by atoms with Gasteiger partial charge in [0.15, 0.2) is 12.4 Å². The van der Waals surface area contributed by atoms with Crippen molar-refractivity contribution < 1.29 is 39.5 Å². The number of carboxylic acid groups (broad SMARTS) is 1. The number of aliphatic hydroxyl groups excluding tert-OH is 3. The van der Waals surface area contributed by atoms with E-state index in [4.69, 9.17) is 14.6 Å². The predicted octanol–water partition coefficient (Wildman–Crippen LogP) is -2.24. The van der Waals surface area contributed by atoms with Crippen LogP contribution in [0.15, 0.2) is 0 Å². The van der Waals surface area contributed by atoms with Crippen LogP contribution >= 0.6 is 0 Å². The third kappa shape index (κ3) is 4.11. The van der Waals surface area contributed by atoms with Crippen LogP contribution in [0.1, 0.15) is 13.8 Å². The molecular formula is C12H21NO8. The van der Waals surface area contributed by atoms with Gasteiger partial charge in [0.25, 0.3) is 0 Å². The highest BCUT2D eigenvalue weighted by Gasteiger charge is 2.47. The Bertz CT molecular complexity index is 372. The lowest BCUT2D eigenvalue weighted by Gasteiger charge is -2.38. The van der Waals surface area contributed by atoms with Crippen LogP contribution in [-0.2, 0) is 19.1 Å². The fraction of sp³-hybridized carbons (Fsp3) is 0.833. The topological polar surface area (TPSA) is 137 Å². The van der Waals surface area contributed by atoms with Gasteiger partial charge in [0.05, 0.1) is 0 Å². The van der Waals surface area contributed by atoms with Gasteiger partial charge in [-0.25, -0.2) is 4.79 Å². The Balaban J connectivity index is 2.65. The number of hydrogen-bond acceptors (Lipinski definition) is 7. The van der Waals surface area contributed by atoms with E-state index in [2.05, 4.69) is 0 Å². The number of rotatable bonds is 6. The molecule has 0 aliphatic carbocycles. The Kier molecular flexibility index (Phi) is 6.49. The molecule has 0 spiro atoms. The molecule has 0 saturated carbocycles. The third-order valence-corrected chi connectivity index (χ3v) is 3.30. The summed E-state index contributed by atoms with van der Waals surface area (Å²) in [7, 11) is 0. The molecule has 0 aromatic heterocycles. The van der Waals surface area contributed by atoms with Crippen LogP contribution in [0.4, 0.5) is 0 Å². The van der Waals surface area contributed by atoms with E-state index in [9.17, 15) is 24.9 Å². The van der Waals surface area contributed by atoms with Crippen molar-refractivity contribution in [3.8, 4) is 0 Å². The first-order chi connectivity index (χ1) is 9.83. The number of likely N-dealkylation sites (N-methyl/N-ethyl adjacent to an activating group) is 1. The number of hydrogen-bond donors (Lipinski definition) is 4. The lowest BCUT2D eigenvalue weighted by atomic mass is 9.99. The molecule has 1 aliphatic heterocycles. The largest absolute Gasteiger partial charge is 0.479 e. The molecule has 0 radical (unpaired) electrons. The number of aliphatic hydroxyl groups is 3. The van der Waals surface area contributed by atoms with Crippen LogP contribution in [-0.4, -0.2) is 87.6 Å². The number of carbonyl (C=O) groups excluding carboxylic acids is 1. The molecule has 1 fully saturated rings. The van der Waals surface area contributed by atoms with E-state index in [-0.39, 0.29) is 5.91 Å². The van der Waals surface area contributed by atoms with Crippen LogP contribution < -0.4 is 0 Å². The molecule has 0 bridgehead atoms. The zero-order chi connectivity index (χ0) is 16.2. The molecule has 1 heterocycles. The summed E-state index contributed by atoms with van der Waals surface area (Å²) in [5, 5.41) is 37.6. The van der Waals surface area contributed by atoms with Crippen LogP contribution in [0, 0.1) is 0 Å². The number of nitrogens with zero attached hydrogens (tertiary/aromatic N) is 1. The normalized spacial score (nSPS) is 32.7. The summed E-state index contributed by atoms with van der Waals surface area (Å²) in [6.07, 6.45) is -8.43. The second kappa shape index (κ2) is 7.66. The summed E-state index contributed by atoms with van der Waals surface area (Å²) >= 11 is 0. The summed E-state index contributed by atoms with van der Waals surface area (Å²) in [6.45, 7) is 4.10. The van der Waals surface area contributed by atoms with Gasteiger partial charge < -0.3 is 34.8 Å². The van der Waals surface area contributed by atoms with Gasteiger partial charge in [-0.3, -0.25) is 4.79 Å². The van der Waals surface area contributed by atoms with Crippen molar-refractivity contribution in [1.29, 1.82) is 0 Å². The van der Waals surface area contributed by atoms with Crippen molar-refractivity contribution in [2.45, 2.75) is 44.6 Å². The van der Waals surface area contributed by atoms with Crippen LogP contribution in [0.2, 0.25) is 0 Å². The number of carboxylic acids is 1. The first kappa shape index (κ1) is 17.8. The summed E-state index contributed by atoms with van der Waals surface area (Å²) in [6, 6.07) is 0. The van der Waals surface area contributed by atoms with Gasteiger partial charge in [0, 0.05) is 13.1 Å². The molecule has 9 heteroatoms. The highest BCUT2D eigenvalue weighted by atomic mass is 16.7. The average Bonchev–Trinajstić information content (AvgIpc) is 2.45. The second-order valence-corrected chi connectivity index (χ2v) is 4.61. The fourth-order valence-electron chi connectivity index (χ4n) is 2.01. The van der Waals surface area contributed by atoms with Crippen molar-refractivity contribution in [1.82, 2.24) is 4.90 Å². The smallest absolute Gasteiger partial charge is 0.335 e. The second-order valence-electron chi connectivity index (χ2n) is 4.61. The zero-order valence-corrected chi connectivity index (χ0v) is 11.9. The molecule has 5 unspecified atom stereocenters. The molecule has 1 saturated heterocycles. The maximum atomic E-state index is 11.8. The highest BCUT2D eigenvalue weighted by Crippen LogP contribution is 2.22. The van der Waals surface area contributed by atoms with Gasteiger partial charge >= 0.3 is 5.97 Å². The van der Waals surface area contributed by atoms with Crippen LogP contribution in [0.25, 0.3) is 0 Å². The number of aliphatic carboxylic acids is 1. The van der Waals surface area contributed by atoms with Crippen LogP contribution in [0.5, 0.6) is 0 Å². The van der Waals surface area contributed by atoms with Crippen molar-refractivity contribution in [3.63, 3.8) is 0 Å². The monoisotopic (exact) mass is 307 g/mol. The molecule has 122 valence electrons. The van der Waals surface area contributed by atoms with E-state index >= 15 is 0 Å². The van der Waals surface area contributed by atoms with Gasteiger partial charge in [-0.2, -0.15) is 0 Å². The van der Waals surface area contributed by atoms with Gasteiger partial charge in [-0.15, -0.1) is 0 Å². The number of amides is 1. The van der Waals surface area contributed by atoms with Gasteiger partial charge in [0.2, 0.25) is 5.91 Å². The molecule has 0 aromatic carbocycles. The van der Waals surface area contributed by atoms with E-state index < -0.39 is 43.3 Å². The Morgan fingerprint density at radius 2 is 1.67 bits per heavy atom. The molecule has 21 heavy (non-hydrogen) atoms. The molecule has 1 aliphatic rings. The standard InChI is InChI=1S/C12H21NO8/c1-3-13(4-2)6(14)5-20-12-9(17)7(15)8(16)10(21-12)11(18)19/h7-10,12,15-17H,3-5H2,1-2H3,(H,18,19). The van der Waals surface area contributed by atoms with E-state index in [1.54, 1.807) is 13.8 Å². The lowest BCUT2D eigenvalue weighted by molar-refractivity contribution is -0.292. The summed E-state index contributed by atoms with van der Waals surface area (Å²) < 4.78 is 9.93. The van der Waals surface area contributed by atoms with Crippen molar-refractivity contribution in [2.24, 2.45) is 0 Å². The van der Waals surface area contributed by atoms with Crippen LogP contribution in [0.3, 0.4) is 0 Å². The summed E-state index contributed by atoms with van der Waals surface area (Å²) in [5.74, 6) is -1.86. The Morgan fingerprint density at radius 3 is 2.14 bits per heavy atom. The first-order valence-electron chi connectivity index (χ1n) is 6.65. The first-order valence-corrected chi connectivity index (χ1v) is 6.65. The SMILES string of the molecule is CCN(CC)C(=O)COC1OC(C(=O)O)C(O)C(O)C1O. The highest BCUT2D eigenvalue weighted by molar-refractivity contribution is 5.77. The van der Waals surface area contributed by atoms with Crippen molar-refractivity contribution >= 4 is 11.9 Å². The molecule has 0 aromatic rings. The van der Waals surface area contributed by atoms with Crippen molar-refractivity contribution in [2.75, 3.05) is 19.7 Å². The molecule has 1 rings (SSSR count). The van der Waals surface area contributed by atoms with E-state index in [1.165, 1.54) is 4.90 Å². The van der Waals surface area contributed by atoms with Crippen molar-refractivity contribution in [3.05, 3.63) is 0 Å². The number of carbonyl (C=O) groups is 2. The Labute approximate surface area is 121 Å². The van der Waals surface area contributed by atoms with E-state index in [1.807, 2.05) is 0 Å². The van der Waals surface area contributed by atoms with E-state index in [0.29, 0.717) is 13.1 Å². The van der Waals surface area contributed by atoms with Gasteiger partial charge in [-0.05, 0) is 13.8 Å². The minimum Gasteiger partial charge on any atom is -0.479 e. The molecule has 1 amide bonds. The third-order valence-electron chi connectivity index (χ3n) is 3.30. The van der Waals surface area contributed by atoms with Gasteiger partial charge in [-0.1, -0.05) is 0 Å². The maximum absolute atomic E-state index is 11.8. The quantitative estimate of drug-likeness (QED) is 0.432. The number of ether oxygens (including phenoxy) is 2. The van der Waals surface area contributed by atoms with Gasteiger partial charge in [0.1, 0.15) is 24.9 Å².